The minimum absolute atomic E-state index is 0.0892. The molecule has 2 amide bonds. The number of sulfonamides is 1. The van der Waals surface area contributed by atoms with Crippen LogP contribution < -0.4 is 9.62 Å². The monoisotopic (exact) mass is 541 g/mol. The lowest BCUT2D eigenvalue weighted by molar-refractivity contribution is -0.141. The van der Waals surface area contributed by atoms with Crippen molar-refractivity contribution < 1.29 is 18.0 Å². The van der Waals surface area contributed by atoms with Crippen molar-refractivity contribution in [1.29, 1.82) is 0 Å². The molecule has 0 heterocycles. The first-order valence-corrected chi connectivity index (χ1v) is 15.6. The second-order valence-electron chi connectivity index (χ2n) is 10.4. The van der Waals surface area contributed by atoms with Gasteiger partial charge in [0.1, 0.15) is 6.04 Å². The van der Waals surface area contributed by atoms with Crippen molar-refractivity contribution in [3.8, 4) is 0 Å². The fourth-order valence-corrected chi connectivity index (χ4v) is 6.11. The second-order valence-corrected chi connectivity index (χ2v) is 12.4. The Kier molecular flexibility index (Phi) is 10.8. The number of nitrogens with one attached hydrogen (secondary N) is 1. The van der Waals surface area contributed by atoms with Crippen LogP contribution in [0.5, 0.6) is 0 Å². The molecule has 3 rings (SSSR count). The van der Waals surface area contributed by atoms with Gasteiger partial charge in [0.25, 0.3) is 0 Å². The van der Waals surface area contributed by atoms with E-state index in [-0.39, 0.29) is 30.8 Å². The van der Waals surface area contributed by atoms with Crippen LogP contribution in [0.4, 0.5) is 5.69 Å². The summed E-state index contributed by atoms with van der Waals surface area (Å²) in [6.45, 7) is 6.51. The third kappa shape index (κ3) is 8.32. The Balaban J connectivity index is 1.72. The lowest BCUT2D eigenvalue weighted by Crippen LogP contribution is -2.52. The fraction of sp³-hybridized carbons (Fsp3) is 0.533. The third-order valence-corrected chi connectivity index (χ3v) is 8.70. The van der Waals surface area contributed by atoms with E-state index >= 15 is 0 Å². The van der Waals surface area contributed by atoms with Crippen LogP contribution in [0.25, 0.3) is 0 Å². The molecule has 1 fully saturated rings. The summed E-state index contributed by atoms with van der Waals surface area (Å²) in [5, 5.41) is 3.17. The lowest BCUT2D eigenvalue weighted by Gasteiger charge is -2.32. The number of hydrogen-bond acceptors (Lipinski definition) is 4. The van der Waals surface area contributed by atoms with E-state index in [0.717, 1.165) is 42.4 Å². The van der Waals surface area contributed by atoms with Gasteiger partial charge in [-0.05, 0) is 74.8 Å². The predicted octanol–water partition coefficient (Wildman–Crippen LogP) is 4.76. The van der Waals surface area contributed by atoms with Crippen LogP contribution in [0.1, 0.15) is 68.6 Å². The zero-order valence-corrected chi connectivity index (χ0v) is 24.1. The highest BCUT2D eigenvalue weighted by Gasteiger charge is 2.30. The molecule has 1 saturated carbocycles. The van der Waals surface area contributed by atoms with Crippen LogP contribution in [0.15, 0.2) is 48.5 Å². The van der Waals surface area contributed by atoms with Crippen molar-refractivity contribution in [2.45, 2.75) is 84.2 Å². The van der Waals surface area contributed by atoms with Gasteiger partial charge < -0.3 is 10.2 Å². The quantitative estimate of drug-likeness (QED) is 0.396. The number of hydrogen-bond donors (Lipinski definition) is 1. The maximum atomic E-state index is 13.6. The summed E-state index contributed by atoms with van der Waals surface area (Å²) in [5.74, 6) is -0.211. The molecule has 38 heavy (non-hydrogen) atoms. The molecule has 1 atom stereocenters. The molecule has 1 N–H and O–H groups in total. The normalized spacial score (nSPS) is 14.7. The summed E-state index contributed by atoms with van der Waals surface area (Å²) in [6, 6.07) is 15.2. The molecular formula is C30H43N3O4S. The average Bonchev–Trinajstić information content (AvgIpc) is 3.39. The Morgan fingerprint density at radius 3 is 2.29 bits per heavy atom. The highest BCUT2D eigenvalue weighted by atomic mass is 32.2. The zero-order chi connectivity index (χ0) is 27.7. The number of rotatable bonds is 13. The summed E-state index contributed by atoms with van der Waals surface area (Å²) < 4.78 is 26.5. The van der Waals surface area contributed by atoms with Crippen LogP contribution in [0.3, 0.4) is 0 Å². The Hall–Kier alpha value is -2.87. The highest BCUT2D eigenvalue weighted by molar-refractivity contribution is 7.92. The minimum atomic E-state index is -3.52. The standard InChI is InChI=1S/C30H43N3O4S/c1-5-28(30(35)31-26-14-9-10-15-26)32(21-19-25-12-7-6-8-13-25)29(34)16-11-20-33(38(4,36)37)27-18-17-23(2)24(3)22-27/h6-8,12-13,17-18,22,26,28H,5,9-11,14-16,19-21H2,1-4H3,(H,31,35). The molecule has 0 spiro atoms. The summed E-state index contributed by atoms with van der Waals surface area (Å²) >= 11 is 0. The van der Waals surface area contributed by atoms with Crippen LogP contribution in [-0.2, 0) is 26.0 Å². The zero-order valence-electron chi connectivity index (χ0n) is 23.3. The molecule has 1 aliphatic carbocycles. The molecule has 1 unspecified atom stereocenters. The molecule has 0 radical (unpaired) electrons. The smallest absolute Gasteiger partial charge is 0.243 e. The average molecular weight is 542 g/mol. The summed E-state index contributed by atoms with van der Waals surface area (Å²) in [5.41, 5.74) is 3.81. The predicted molar refractivity (Wildman–Crippen MR) is 154 cm³/mol. The third-order valence-electron chi connectivity index (χ3n) is 7.50. The van der Waals surface area contributed by atoms with E-state index in [1.54, 1.807) is 11.0 Å². The van der Waals surface area contributed by atoms with E-state index in [4.69, 9.17) is 0 Å². The van der Waals surface area contributed by atoms with E-state index in [1.807, 2.05) is 63.2 Å². The molecule has 0 bridgehead atoms. The van der Waals surface area contributed by atoms with Gasteiger partial charge >= 0.3 is 0 Å². The molecule has 208 valence electrons. The van der Waals surface area contributed by atoms with E-state index in [1.165, 1.54) is 10.6 Å². The van der Waals surface area contributed by atoms with Gasteiger partial charge in [0.2, 0.25) is 21.8 Å². The Labute approximate surface area is 228 Å². The van der Waals surface area contributed by atoms with Crippen LogP contribution in [0, 0.1) is 13.8 Å². The molecule has 2 aromatic carbocycles. The Morgan fingerprint density at radius 2 is 1.68 bits per heavy atom. The minimum Gasteiger partial charge on any atom is -0.352 e. The van der Waals surface area contributed by atoms with Crippen molar-refractivity contribution in [2.24, 2.45) is 0 Å². The first-order valence-electron chi connectivity index (χ1n) is 13.8. The van der Waals surface area contributed by atoms with Gasteiger partial charge in [0.15, 0.2) is 0 Å². The Bertz CT molecular complexity index is 1180. The van der Waals surface area contributed by atoms with Crippen LogP contribution in [0.2, 0.25) is 0 Å². The number of benzene rings is 2. The van der Waals surface area contributed by atoms with Gasteiger partial charge in [-0.2, -0.15) is 0 Å². The van der Waals surface area contributed by atoms with E-state index in [2.05, 4.69) is 5.32 Å². The summed E-state index contributed by atoms with van der Waals surface area (Å²) in [6.07, 6.45) is 7.11. The number of nitrogens with zero attached hydrogens (tertiary/aromatic N) is 2. The van der Waals surface area contributed by atoms with Gasteiger partial charge in [-0.15, -0.1) is 0 Å². The number of amides is 2. The molecule has 0 saturated heterocycles. The SMILES string of the molecule is CCC(C(=O)NC1CCCC1)N(CCc1ccccc1)C(=O)CCCN(c1ccc(C)c(C)c1)S(C)(=O)=O. The maximum Gasteiger partial charge on any atom is 0.243 e. The van der Waals surface area contributed by atoms with Gasteiger partial charge in [-0.1, -0.05) is 56.2 Å². The number of carbonyl (C=O) groups excluding carboxylic acids is 2. The van der Waals surface area contributed by atoms with Crippen molar-refractivity contribution >= 4 is 27.5 Å². The number of carbonyl (C=O) groups is 2. The second kappa shape index (κ2) is 13.8. The molecule has 0 aromatic heterocycles. The van der Waals surface area contributed by atoms with Gasteiger partial charge in [-0.25, -0.2) is 8.42 Å². The molecule has 2 aromatic rings. The highest BCUT2D eigenvalue weighted by Crippen LogP contribution is 2.23. The fourth-order valence-electron chi connectivity index (χ4n) is 5.15. The van der Waals surface area contributed by atoms with E-state index in [0.29, 0.717) is 31.5 Å². The topological polar surface area (TPSA) is 86.8 Å². The van der Waals surface area contributed by atoms with Crippen molar-refractivity contribution in [3.63, 3.8) is 0 Å². The van der Waals surface area contributed by atoms with E-state index < -0.39 is 16.1 Å². The van der Waals surface area contributed by atoms with Gasteiger partial charge in [0, 0.05) is 25.6 Å². The molecule has 7 nitrogen and oxygen atoms in total. The van der Waals surface area contributed by atoms with Crippen molar-refractivity contribution in [2.75, 3.05) is 23.7 Å². The van der Waals surface area contributed by atoms with E-state index in [9.17, 15) is 18.0 Å². The maximum absolute atomic E-state index is 13.6. The number of anilines is 1. The van der Waals surface area contributed by atoms with Gasteiger partial charge in [0.05, 0.1) is 11.9 Å². The van der Waals surface area contributed by atoms with Crippen molar-refractivity contribution in [3.05, 3.63) is 65.2 Å². The van der Waals surface area contributed by atoms with Crippen LogP contribution >= 0.6 is 0 Å². The first kappa shape index (κ1) is 29.7. The molecular weight excluding hydrogens is 498 g/mol. The summed E-state index contributed by atoms with van der Waals surface area (Å²) in [4.78, 5) is 28.5. The first-order chi connectivity index (χ1) is 18.1. The largest absolute Gasteiger partial charge is 0.352 e. The Morgan fingerprint density at radius 1 is 1.00 bits per heavy atom. The number of aryl methyl sites for hydroxylation is 2. The van der Waals surface area contributed by atoms with Crippen LogP contribution in [-0.4, -0.2) is 56.6 Å². The molecule has 1 aliphatic rings. The molecule has 8 heteroatoms. The lowest BCUT2D eigenvalue weighted by atomic mass is 10.1. The van der Waals surface area contributed by atoms with Crippen molar-refractivity contribution in [1.82, 2.24) is 10.2 Å². The molecule has 0 aliphatic heterocycles. The van der Waals surface area contributed by atoms with Gasteiger partial charge in [-0.3, -0.25) is 13.9 Å². The summed E-state index contributed by atoms with van der Waals surface area (Å²) in [7, 11) is -3.52.